The minimum atomic E-state index is -0.826. The van der Waals surface area contributed by atoms with Gasteiger partial charge in [-0.25, -0.2) is 0 Å². The smallest absolute Gasteiger partial charge is 0.303 e. The highest BCUT2D eigenvalue weighted by atomic mass is 16.4. The van der Waals surface area contributed by atoms with Crippen molar-refractivity contribution in [2.24, 2.45) is 5.92 Å². The number of aliphatic hydroxyl groups excluding tert-OH is 1. The fourth-order valence-corrected chi connectivity index (χ4v) is 0.913. The second-order valence-corrected chi connectivity index (χ2v) is 2.44. The molecule has 1 atom stereocenters. The fraction of sp³-hybridized carbons (Fsp3) is 0.857. The number of carboxylic acids is 1. The number of hydrogen-bond acceptors (Lipinski definition) is 2. The lowest BCUT2D eigenvalue weighted by Crippen LogP contribution is -2.11. The zero-order valence-corrected chi connectivity index (χ0v) is 6.21. The second-order valence-electron chi connectivity index (χ2n) is 2.44. The molecule has 0 radical (unpaired) electrons. The van der Waals surface area contributed by atoms with E-state index in [0.717, 1.165) is 12.8 Å². The molecule has 2 N–H and O–H groups in total. The van der Waals surface area contributed by atoms with E-state index in [0.29, 0.717) is 0 Å². The molecule has 0 heterocycles. The zero-order valence-electron chi connectivity index (χ0n) is 6.21. The Kier molecular flexibility index (Phi) is 4.94. The topological polar surface area (TPSA) is 57.5 Å². The molecule has 0 aromatic rings. The van der Waals surface area contributed by atoms with Crippen LogP contribution in [0.15, 0.2) is 0 Å². The highest BCUT2D eigenvalue weighted by molar-refractivity contribution is 5.66. The van der Waals surface area contributed by atoms with E-state index in [-0.39, 0.29) is 18.9 Å². The van der Waals surface area contributed by atoms with Crippen molar-refractivity contribution in [3.05, 3.63) is 0 Å². The summed E-state index contributed by atoms with van der Waals surface area (Å²) in [6.07, 6.45) is 1.81. The highest BCUT2D eigenvalue weighted by Gasteiger charge is 2.09. The molecule has 0 aromatic carbocycles. The molecule has 0 bridgehead atoms. The van der Waals surface area contributed by atoms with Crippen molar-refractivity contribution in [2.45, 2.75) is 26.2 Å². The molecule has 0 aromatic heterocycles. The molecule has 0 aliphatic rings. The van der Waals surface area contributed by atoms with Gasteiger partial charge in [-0.05, 0) is 12.3 Å². The average molecular weight is 146 g/mol. The molecule has 0 rings (SSSR count). The third-order valence-corrected chi connectivity index (χ3v) is 1.42. The van der Waals surface area contributed by atoms with Crippen LogP contribution in [0.3, 0.4) is 0 Å². The van der Waals surface area contributed by atoms with Crippen molar-refractivity contribution in [1.82, 2.24) is 0 Å². The normalized spacial score (nSPS) is 13.0. The number of aliphatic carboxylic acids is 1. The van der Waals surface area contributed by atoms with E-state index in [4.69, 9.17) is 10.2 Å². The summed E-state index contributed by atoms with van der Waals surface area (Å²) in [5.41, 5.74) is 0. The van der Waals surface area contributed by atoms with Crippen LogP contribution in [0.4, 0.5) is 0 Å². The van der Waals surface area contributed by atoms with Gasteiger partial charge in [-0.15, -0.1) is 0 Å². The number of hydrogen-bond donors (Lipinski definition) is 2. The van der Waals surface area contributed by atoms with Crippen molar-refractivity contribution in [2.75, 3.05) is 6.61 Å². The van der Waals surface area contributed by atoms with Crippen LogP contribution < -0.4 is 0 Å². The van der Waals surface area contributed by atoms with Gasteiger partial charge in [0.05, 0.1) is 6.42 Å². The lowest BCUT2D eigenvalue weighted by Gasteiger charge is -2.08. The van der Waals surface area contributed by atoms with Gasteiger partial charge in [0.1, 0.15) is 0 Å². The van der Waals surface area contributed by atoms with E-state index in [2.05, 4.69) is 0 Å². The number of carbonyl (C=O) groups is 1. The molecule has 0 amide bonds. The van der Waals surface area contributed by atoms with Crippen LogP contribution in [0.5, 0.6) is 0 Å². The molecule has 0 saturated carbocycles. The summed E-state index contributed by atoms with van der Waals surface area (Å²) in [5.74, 6) is -0.880. The highest BCUT2D eigenvalue weighted by Crippen LogP contribution is 2.09. The maximum atomic E-state index is 10.1. The molecule has 10 heavy (non-hydrogen) atoms. The molecule has 0 aliphatic carbocycles. The molecule has 0 fully saturated rings. The molecule has 3 nitrogen and oxygen atoms in total. The molecule has 0 spiro atoms. The predicted molar refractivity (Wildman–Crippen MR) is 37.7 cm³/mol. The summed E-state index contributed by atoms with van der Waals surface area (Å²) in [5, 5.41) is 17.0. The van der Waals surface area contributed by atoms with E-state index in [9.17, 15) is 4.79 Å². The minimum absolute atomic E-state index is 0.0137. The Balaban J connectivity index is 3.49. The monoisotopic (exact) mass is 146 g/mol. The standard InChI is InChI=1S/C7H14O3/c1-2-3-6(5-8)4-7(9)10/h6,8H,2-5H2,1H3,(H,9,10)/t6-/m0/s1. The van der Waals surface area contributed by atoms with E-state index < -0.39 is 5.97 Å². The van der Waals surface area contributed by atoms with Gasteiger partial charge in [0, 0.05) is 6.61 Å². The van der Waals surface area contributed by atoms with Crippen molar-refractivity contribution in [3.8, 4) is 0 Å². The molecule has 3 heteroatoms. The first-order valence-corrected chi connectivity index (χ1v) is 3.53. The Morgan fingerprint density at radius 1 is 1.60 bits per heavy atom. The number of rotatable bonds is 5. The van der Waals surface area contributed by atoms with E-state index in [1.807, 2.05) is 6.92 Å². The van der Waals surface area contributed by atoms with Gasteiger partial charge in [-0.1, -0.05) is 13.3 Å². The van der Waals surface area contributed by atoms with Gasteiger partial charge in [-0.3, -0.25) is 4.79 Å². The average Bonchev–Trinajstić information content (AvgIpc) is 1.86. The third kappa shape index (κ3) is 4.32. The lowest BCUT2D eigenvalue weighted by atomic mass is 10.0. The van der Waals surface area contributed by atoms with Crippen LogP contribution in [-0.2, 0) is 4.79 Å². The van der Waals surface area contributed by atoms with Gasteiger partial charge in [0.15, 0.2) is 0 Å². The van der Waals surface area contributed by atoms with Gasteiger partial charge in [0.2, 0.25) is 0 Å². The Bertz CT molecular complexity index is 101. The molecule has 0 aliphatic heterocycles. The fourth-order valence-electron chi connectivity index (χ4n) is 0.913. The maximum Gasteiger partial charge on any atom is 0.303 e. The predicted octanol–water partition coefficient (Wildman–Crippen LogP) is 0.870. The van der Waals surface area contributed by atoms with E-state index in [1.165, 1.54) is 0 Å². The lowest BCUT2D eigenvalue weighted by molar-refractivity contribution is -0.138. The van der Waals surface area contributed by atoms with Gasteiger partial charge in [0.25, 0.3) is 0 Å². The quantitative estimate of drug-likeness (QED) is 0.605. The van der Waals surface area contributed by atoms with Gasteiger partial charge in [-0.2, -0.15) is 0 Å². The summed E-state index contributed by atoms with van der Waals surface area (Å²) in [7, 11) is 0. The second kappa shape index (κ2) is 5.23. The van der Waals surface area contributed by atoms with E-state index >= 15 is 0 Å². The summed E-state index contributed by atoms with van der Waals surface area (Å²) >= 11 is 0. The van der Waals surface area contributed by atoms with Gasteiger partial charge >= 0.3 is 5.97 Å². The Hall–Kier alpha value is -0.570. The largest absolute Gasteiger partial charge is 0.481 e. The van der Waals surface area contributed by atoms with Crippen LogP contribution in [-0.4, -0.2) is 22.8 Å². The molecule has 0 saturated heterocycles. The number of carboxylic acid groups (broad SMARTS) is 1. The Morgan fingerprint density at radius 3 is 2.50 bits per heavy atom. The van der Waals surface area contributed by atoms with Crippen molar-refractivity contribution in [1.29, 1.82) is 0 Å². The minimum Gasteiger partial charge on any atom is -0.481 e. The van der Waals surface area contributed by atoms with Gasteiger partial charge < -0.3 is 10.2 Å². The van der Waals surface area contributed by atoms with Crippen LogP contribution in [0, 0.1) is 5.92 Å². The Labute approximate surface area is 60.7 Å². The van der Waals surface area contributed by atoms with E-state index in [1.54, 1.807) is 0 Å². The first-order valence-electron chi connectivity index (χ1n) is 3.53. The summed E-state index contributed by atoms with van der Waals surface area (Å²) in [4.78, 5) is 10.1. The van der Waals surface area contributed by atoms with Crippen LogP contribution in [0.2, 0.25) is 0 Å². The maximum absolute atomic E-state index is 10.1. The molecular weight excluding hydrogens is 132 g/mol. The molecular formula is C7H14O3. The third-order valence-electron chi connectivity index (χ3n) is 1.42. The van der Waals surface area contributed by atoms with Crippen LogP contribution in [0.1, 0.15) is 26.2 Å². The molecule has 0 unspecified atom stereocenters. The SMILES string of the molecule is CCC[C@H](CO)CC(=O)O. The summed E-state index contributed by atoms with van der Waals surface area (Å²) < 4.78 is 0. The van der Waals surface area contributed by atoms with Crippen LogP contribution in [0.25, 0.3) is 0 Å². The first kappa shape index (κ1) is 9.43. The van der Waals surface area contributed by atoms with Crippen LogP contribution >= 0.6 is 0 Å². The summed E-state index contributed by atoms with van der Waals surface area (Å²) in [6, 6.07) is 0. The molecule has 60 valence electrons. The Morgan fingerprint density at radius 2 is 2.20 bits per heavy atom. The van der Waals surface area contributed by atoms with Crippen molar-refractivity contribution < 1.29 is 15.0 Å². The first-order chi connectivity index (χ1) is 4.70. The van der Waals surface area contributed by atoms with Crippen molar-refractivity contribution >= 4 is 5.97 Å². The van der Waals surface area contributed by atoms with Crippen molar-refractivity contribution in [3.63, 3.8) is 0 Å². The summed E-state index contributed by atoms with van der Waals surface area (Å²) in [6.45, 7) is 1.96. The number of aliphatic hydroxyl groups is 1. The zero-order chi connectivity index (χ0) is 7.98.